The van der Waals surface area contributed by atoms with Gasteiger partial charge < -0.3 is 4.74 Å². The van der Waals surface area contributed by atoms with Crippen molar-refractivity contribution in [1.82, 2.24) is 9.97 Å². The SMILES string of the molecule is COC(=O)C#Cc1cc(C)nc(C2CC2)n1. The van der Waals surface area contributed by atoms with E-state index in [0.29, 0.717) is 11.6 Å². The molecule has 1 aromatic heterocycles. The molecule has 1 saturated carbocycles. The maximum absolute atomic E-state index is 10.9. The Kier molecular flexibility index (Phi) is 2.86. The Morgan fingerprint density at radius 2 is 2.25 bits per heavy atom. The van der Waals surface area contributed by atoms with Gasteiger partial charge >= 0.3 is 5.97 Å². The Morgan fingerprint density at radius 1 is 1.50 bits per heavy atom. The highest BCUT2D eigenvalue weighted by molar-refractivity contribution is 5.88. The molecule has 0 atom stereocenters. The Balaban J connectivity index is 2.25. The van der Waals surface area contributed by atoms with Crippen molar-refractivity contribution in [2.75, 3.05) is 7.11 Å². The first-order valence-electron chi connectivity index (χ1n) is 5.14. The Bertz CT molecular complexity index is 482. The lowest BCUT2D eigenvalue weighted by Gasteiger charge is -1.99. The molecule has 1 heterocycles. The summed E-state index contributed by atoms with van der Waals surface area (Å²) in [6.07, 6.45) is 2.29. The number of esters is 1. The molecular weight excluding hydrogens is 204 g/mol. The van der Waals surface area contributed by atoms with Gasteiger partial charge in [0.15, 0.2) is 0 Å². The van der Waals surface area contributed by atoms with Gasteiger partial charge in [0, 0.05) is 17.5 Å². The molecule has 16 heavy (non-hydrogen) atoms. The smallest absolute Gasteiger partial charge is 0.384 e. The lowest BCUT2D eigenvalue weighted by Crippen LogP contribution is -1.99. The number of aryl methyl sites for hydroxylation is 1. The maximum Gasteiger partial charge on any atom is 0.384 e. The van der Waals surface area contributed by atoms with Crippen LogP contribution in [0.5, 0.6) is 0 Å². The highest BCUT2D eigenvalue weighted by atomic mass is 16.5. The highest BCUT2D eigenvalue weighted by Gasteiger charge is 2.26. The third kappa shape index (κ3) is 2.57. The van der Waals surface area contributed by atoms with E-state index >= 15 is 0 Å². The quantitative estimate of drug-likeness (QED) is 0.522. The third-order valence-electron chi connectivity index (χ3n) is 2.29. The van der Waals surface area contributed by atoms with Gasteiger partial charge in [-0.3, -0.25) is 0 Å². The number of hydrogen-bond donors (Lipinski definition) is 0. The fourth-order valence-corrected chi connectivity index (χ4v) is 1.35. The molecule has 0 bridgehead atoms. The summed E-state index contributed by atoms with van der Waals surface area (Å²) in [4.78, 5) is 19.5. The van der Waals surface area contributed by atoms with Gasteiger partial charge in [-0.25, -0.2) is 14.8 Å². The monoisotopic (exact) mass is 216 g/mol. The second-order valence-electron chi connectivity index (χ2n) is 3.77. The molecular formula is C12H12N2O2. The summed E-state index contributed by atoms with van der Waals surface area (Å²) < 4.78 is 4.44. The third-order valence-corrected chi connectivity index (χ3v) is 2.29. The number of methoxy groups -OCH3 is 1. The van der Waals surface area contributed by atoms with Gasteiger partial charge in [0.1, 0.15) is 11.5 Å². The first-order valence-corrected chi connectivity index (χ1v) is 5.14. The molecule has 0 radical (unpaired) electrons. The van der Waals surface area contributed by atoms with E-state index in [1.807, 2.05) is 6.92 Å². The molecule has 1 fully saturated rings. The van der Waals surface area contributed by atoms with Crippen LogP contribution in [-0.4, -0.2) is 23.0 Å². The number of carbonyl (C=O) groups is 1. The van der Waals surface area contributed by atoms with E-state index in [1.165, 1.54) is 7.11 Å². The van der Waals surface area contributed by atoms with Crippen LogP contribution in [0.2, 0.25) is 0 Å². The van der Waals surface area contributed by atoms with Crippen LogP contribution in [0.4, 0.5) is 0 Å². The number of carbonyl (C=O) groups excluding carboxylic acids is 1. The van der Waals surface area contributed by atoms with E-state index in [1.54, 1.807) is 6.07 Å². The van der Waals surface area contributed by atoms with Crippen LogP contribution >= 0.6 is 0 Å². The fourth-order valence-electron chi connectivity index (χ4n) is 1.35. The van der Waals surface area contributed by atoms with E-state index in [4.69, 9.17) is 0 Å². The largest absolute Gasteiger partial charge is 0.459 e. The molecule has 4 nitrogen and oxygen atoms in total. The lowest BCUT2D eigenvalue weighted by molar-refractivity contribution is -0.133. The van der Waals surface area contributed by atoms with Crippen LogP contribution in [0.15, 0.2) is 6.07 Å². The molecule has 0 amide bonds. The fraction of sp³-hybridized carbons (Fsp3) is 0.417. The van der Waals surface area contributed by atoms with Crippen LogP contribution < -0.4 is 0 Å². The Morgan fingerprint density at radius 3 is 2.88 bits per heavy atom. The molecule has 0 aliphatic heterocycles. The second kappa shape index (κ2) is 4.31. The summed E-state index contributed by atoms with van der Waals surface area (Å²) in [7, 11) is 1.30. The van der Waals surface area contributed by atoms with Crippen LogP contribution in [0, 0.1) is 18.8 Å². The number of aromatic nitrogens is 2. The zero-order valence-electron chi connectivity index (χ0n) is 9.28. The predicted molar refractivity (Wildman–Crippen MR) is 57.6 cm³/mol. The van der Waals surface area contributed by atoms with E-state index < -0.39 is 5.97 Å². The van der Waals surface area contributed by atoms with Gasteiger partial charge in [-0.15, -0.1) is 0 Å². The number of hydrogen-bond acceptors (Lipinski definition) is 4. The van der Waals surface area contributed by atoms with Crippen LogP contribution in [0.3, 0.4) is 0 Å². The van der Waals surface area contributed by atoms with Gasteiger partial charge in [-0.2, -0.15) is 0 Å². The van der Waals surface area contributed by atoms with Crippen molar-refractivity contribution in [3.8, 4) is 11.8 Å². The molecule has 1 aliphatic rings. The lowest BCUT2D eigenvalue weighted by atomic mass is 10.3. The van der Waals surface area contributed by atoms with E-state index in [9.17, 15) is 4.79 Å². The van der Waals surface area contributed by atoms with E-state index in [0.717, 1.165) is 24.4 Å². The minimum Gasteiger partial charge on any atom is -0.459 e. The van der Waals surface area contributed by atoms with Crippen molar-refractivity contribution >= 4 is 5.97 Å². The second-order valence-corrected chi connectivity index (χ2v) is 3.77. The average Bonchev–Trinajstić information content (AvgIpc) is 3.09. The summed E-state index contributed by atoms with van der Waals surface area (Å²) >= 11 is 0. The van der Waals surface area contributed by atoms with E-state index in [2.05, 4.69) is 26.5 Å². The Labute approximate surface area is 94.1 Å². The van der Waals surface area contributed by atoms with Crippen molar-refractivity contribution in [3.05, 3.63) is 23.3 Å². The molecule has 4 heteroatoms. The van der Waals surface area contributed by atoms with Crippen molar-refractivity contribution in [2.45, 2.75) is 25.7 Å². The molecule has 0 N–H and O–H groups in total. The molecule has 1 aliphatic carbocycles. The van der Waals surface area contributed by atoms with Crippen molar-refractivity contribution < 1.29 is 9.53 Å². The van der Waals surface area contributed by atoms with Crippen molar-refractivity contribution in [2.24, 2.45) is 0 Å². The summed E-state index contributed by atoms with van der Waals surface area (Å²) in [5.41, 5.74) is 1.46. The van der Waals surface area contributed by atoms with Gasteiger partial charge in [0.05, 0.1) is 7.11 Å². The highest BCUT2D eigenvalue weighted by Crippen LogP contribution is 2.37. The number of rotatable bonds is 1. The van der Waals surface area contributed by atoms with Crippen LogP contribution in [-0.2, 0) is 9.53 Å². The zero-order chi connectivity index (χ0) is 11.5. The molecule has 0 saturated heterocycles. The molecule has 0 aromatic carbocycles. The van der Waals surface area contributed by atoms with Gasteiger partial charge in [0.25, 0.3) is 0 Å². The van der Waals surface area contributed by atoms with Crippen molar-refractivity contribution in [1.29, 1.82) is 0 Å². The standard InChI is InChI=1S/C12H12N2O2/c1-8-7-10(5-6-11(15)16-2)14-12(13-8)9-3-4-9/h7,9H,3-4H2,1-2H3. The average molecular weight is 216 g/mol. The molecule has 2 rings (SSSR count). The molecule has 0 spiro atoms. The number of nitrogens with zero attached hydrogens (tertiary/aromatic N) is 2. The molecule has 1 aromatic rings. The maximum atomic E-state index is 10.9. The Hall–Kier alpha value is -1.89. The van der Waals surface area contributed by atoms with E-state index in [-0.39, 0.29) is 0 Å². The molecule has 0 unspecified atom stereocenters. The summed E-state index contributed by atoms with van der Waals surface area (Å²) in [5.74, 6) is 5.82. The van der Waals surface area contributed by atoms with Crippen LogP contribution in [0.25, 0.3) is 0 Å². The van der Waals surface area contributed by atoms with Crippen molar-refractivity contribution in [3.63, 3.8) is 0 Å². The summed E-state index contributed by atoms with van der Waals surface area (Å²) in [6.45, 7) is 1.90. The molecule has 82 valence electrons. The van der Waals surface area contributed by atoms with Crippen LogP contribution in [0.1, 0.15) is 36.0 Å². The van der Waals surface area contributed by atoms with Gasteiger partial charge in [0.2, 0.25) is 0 Å². The first-order chi connectivity index (χ1) is 7.69. The summed E-state index contributed by atoms with van der Waals surface area (Å²) in [5, 5.41) is 0. The van der Waals surface area contributed by atoms with Gasteiger partial charge in [-0.1, -0.05) is 0 Å². The summed E-state index contributed by atoms with van der Waals surface area (Å²) in [6, 6.07) is 1.77. The van der Waals surface area contributed by atoms with Gasteiger partial charge in [-0.05, 0) is 31.8 Å². The minimum absolute atomic E-state index is 0.485. The first kappa shape index (κ1) is 10.6. The predicted octanol–water partition coefficient (Wildman–Crippen LogP) is 1.19. The topological polar surface area (TPSA) is 52.1 Å². The normalized spacial score (nSPS) is 13.9. The number of ether oxygens (including phenoxy) is 1. The zero-order valence-corrected chi connectivity index (χ0v) is 9.28. The minimum atomic E-state index is -0.552.